The number of methoxy groups -OCH3 is 1. The number of nitrogens with zero attached hydrogens (tertiary/aromatic N) is 1. The molecule has 0 radical (unpaired) electrons. The minimum Gasteiger partial charge on any atom is -0.423 e. The summed E-state index contributed by atoms with van der Waals surface area (Å²) in [6, 6.07) is 0. The first-order valence-electron chi connectivity index (χ1n) is 20.1. The highest BCUT2D eigenvalue weighted by Gasteiger charge is 2.35. The summed E-state index contributed by atoms with van der Waals surface area (Å²) in [6.45, 7) is 9.55. The van der Waals surface area contributed by atoms with E-state index in [0.717, 1.165) is 32.5 Å². The molecule has 0 heterocycles. The van der Waals surface area contributed by atoms with E-state index >= 15 is 0 Å². The van der Waals surface area contributed by atoms with Gasteiger partial charge in [0.05, 0.1) is 26.7 Å². The maximum atomic E-state index is 12.8. The molecule has 3 nitrogen and oxygen atoms in total. The van der Waals surface area contributed by atoms with Gasteiger partial charge in [-0.25, -0.2) is 4.48 Å². The van der Waals surface area contributed by atoms with Gasteiger partial charge in [0.15, 0.2) is 0 Å². The molecule has 0 N–H and O–H groups in total. The first kappa shape index (κ1) is 42.4. The minimum absolute atomic E-state index is 0.00980. The van der Waals surface area contributed by atoms with E-state index in [4.69, 9.17) is 4.74 Å². The Morgan fingerprint density at radius 2 is 0.581 bits per heavy atom. The number of quaternary nitrogens is 1. The highest BCUT2D eigenvalue weighted by atomic mass is 16.5. The van der Waals surface area contributed by atoms with E-state index in [1.807, 2.05) is 0 Å². The van der Waals surface area contributed by atoms with Gasteiger partial charge < -0.3 is 4.74 Å². The van der Waals surface area contributed by atoms with Gasteiger partial charge in [-0.15, -0.1) is 0 Å². The quantitative estimate of drug-likeness (QED) is 0.0528. The van der Waals surface area contributed by atoms with Crippen LogP contribution in [0.25, 0.3) is 0 Å². The van der Waals surface area contributed by atoms with Crippen LogP contribution in [0, 0.1) is 0 Å². The van der Waals surface area contributed by atoms with Gasteiger partial charge in [-0.05, 0) is 32.6 Å². The minimum atomic E-state index is -0.00980. The zero-order valence-electron chi connectivity index (χ0n) is 30.5. The number of amides is 1. The van der Waals surface area contributed by atoms with E-state index in [-0.39, 0.29) is 6.09 Å². The summed E-state index contributed by atoms with van der Waals surface area (Å²) in [5.74, 6) is 0. The van der Waals surface area contributed by atoms with Crippen LogP contribution in [0.4, 0.5) is 4.79 Å². The standard InChI is InChI=1S/C40H82NO2/c1-5-8-10-12-14-16-18-20-22-24-26-28-30-32-34-36-38-41(7-3,40(42)43-4)39-37-35-33-31-29-27-25-23-21-19-17-15-13-11-9-6-2/h5-39H2,1-4H3/q+1. The van der Waals surface area contributed by atoms with Gasteiger partial charge in [0, 0.05) is 0 Å². The van der Waals surface area contributed by atoms with Gasteiger partial charge in [-0.2, -0.15) is 4.79 Å². The summed E-state index contributed by atoms with van der Waals surface area (Å²) in [7, 11) is 1.58. The molecular weight excluding hydrogens is 526 g/mol. The Labute approximate surface area is 272 Å². The molecule has 0 aliphatic heterocycles. The first-order valence-corrected chi connectivity index (χ1v) is 20.1. The molecule has 0 aromatic rings. The molecule has 0 aliphatic carbocycles. The molecule has 0 rings (SSSR count). The van der Waals surface area contributed by atoms with E-state index in [2.05, 4.69) is 20.8 Å². The number of ether oxygens (including phenoxy) is 1. The molecule has 0 aromatic heterocycles. The van der Waals surface area contributed by atoms with Gasteiger partial charge >= 0.3 is 6.09 Å². The fourth-order valence-electron chi connectivity index (χ4n) is 6.86. The summed E-state index contributed by atoms with van der Waals surface area (Å²) in [5, 5.41) is 0. The lowest BCUT2D eigenvalue weighted by atomic mass is 10.0. The fourth-order valence-corrected chi connectivity index (χ4v) is 6.86. The van der Waals surface area contributed by atoms with E-state index in [9.17, 15) is 4.79 Å². The number of carbonyl (C=O) groups excluding carboxylic acids is 1. The van der Waals surface area contributed by atoms with Crippen LogP contribution < -0.4 is 0 Å². The molecule has 0 saturated carbocycles. The summed E-state index contributed by atoms with van der Waals surface area (Å²) >= 11 is 0. The number of carbonyl (C=O) groups is 1. The van der Waals surface area contributed by atoms with Crippen molar-refractivity contribution in [2.75, 3.05) is 26.7 Å². The maximum absolute atomic E-state index is 12.8. The largest absolute Gasteiger partial charge is 0.515 e. The Hall–Kier alpha value is -0.570. The Balaban J connectivity index is 3.75. The Kier molecular flexibility index (Phi) is 33.9. The summed E-state index contributed by atoms with van der Waals surface area (Å²) in [4.78, 5) is 12.8. The third-order valence-corrected chi connectivity index (χ3v) is 10.0. The lowest BCUT2D eigenvalue weighted by molar-refractivity contribution is -0.856. The normalized spacial score (nSPS) is 11.8. The predicted octanol–water partition coefficient (Wildman–Crippen LogP) is 14.1. The van der Waals surface area contributed by atoms with Gasteiger partial charge in [0.25, 0.3) is 0 Å². The first-order chi connectivity index (χ1) is 21.2. The van der Waals surface area contributed by atoms with Gasteiger partial charge in [-0.1, -0.05) is 194 Å². The fraction of sp³-hybridized carbons (Fsp3) is 0.975. The van der Waals surface area contributed by atoms with Crippen molar-refractivity contribution >= 4 is 6.09 Å². The molecular formula is C40H82NO2+. The van der Waals surface area contributed by atoms with Gasteiger partial charge in [-0.3, -0.25) is 0 Å². The highest BCUT2D eigenvalue weighted by molar-refractivity contribution is 5.59. The van der Waals surface area contributed by atoms with E-state index < -0.39 is 0 Å². The monoisotopic (exact) mass is 609 g/mol. The van der Waals surface area contributed by atoms with Crippen molar-refractivity contribution in [3.8, 4) is 0 Å². The van der Waals surface area contributed by atoms with E-state index in [1.54, 1.807) is 7.11 Å². The molecule has 0 saturated heterocycles. The van der Waals surface area contributed by atoms with Crippen LogP contribution in [0.2, 0.25) is 0 Å². The van der Waals surface area contributed by atoms with Crippen molar-refractivity contribution in [1.82, 2.24) is 0 Å². The van der Waals surface area contributed by atoms with Crippen molar-refractivity contribution in [1.29, 1.82) is 0 Å². The Morgan fingerprint density at radius 1 is 0.372 bits per heavy atom. The number of hydrogen-bond donors (Lipinski definition) is 0. The number of unbranched alkanes of at least 4 members (excludes halogenated alkanes) is 30. The number of hydrogen-bond acceptors (Lipinski definition) is 2. The van der Waals surface area contributed by atoms with Crippen molar-refractivity contribution < 1.29 is 14.0 Å². The van der Waals surface area contributed by atoms with Crippen molar-refractivity contribution in [2.45, 2.75) is 226 Å². The molecule has 0 bridgehead atoms. The topological polar surface area (TPSA) is 26.3 Å². The molecule has 3 heteroatoms. The molecule has 0 unspecified atom stereocenters. The SMILES string of the molecule is CCCCCCCCCCCCCCCCCC[N+](CC)(CCCCCCCCCCCCCCCCCC)C(=O)OC. The summed E-state index contributed by atoms with van der Waals surface area (Å²) < 4.78 is 5.83. The third kappa shape index (κ3) is 27.5. The maximum Gasteiger partial charge on any atom is 0.515 e. The Bertz CT molecular complexity index is 513. The Morgan fingerprint density at radius 3 is 0.767 bits per heavy atom. The average molecular weight is 609 g/mol. The zero-order chi connectivity index (χ0) is 31.5. The molecule has 0 spiro atoms. The molecule has 0 aromatic carbocycles. The lowest BCUT2D eigenvalue weighted by Crippen LogP contribution is -2.53. The average Bonchev–Trinajstić information content (AvgIpc) is 3.03. The molecule has 0 aliphatic rings. The molecule has 1 amide bonds. The molecule has 0 atom stereocenters. The predicted molar refractivity (Wildman–Crippen MR) is 192 cm³/mol. The third-order valence-electron chi connectivity index (χ3n) is 10.0. The molecule has 258 valence electrons. The second kappa shape index (κ2) is 34.3. The van der Waals surface area contributed by atoms with Crippen LogP contribution in [0.1, 0.15) is 226 Å². The smallest absolute Gasteiger partial charge is 0.423 e. The zero-order valence-corrected chi connectivity index (χ0v) is 30.5. The highest BCUT2D eigenvalue weighted by Crippen LogP contribution is 2.19. The lowest BCUT2D eigenvalue weighted by Gasteiger charge is -2.33. The summed E-state index contributed by atoms with van der Waals surface area (Å²) in [5.41, 5.74) is 0. The van der Waals surface area contributed by atoms with Gasteiger partial charge in [0.2, 0.25) is 0 Å². The van der Waals surface area contributed by atoms with E-state index in [0.29, 0.717) is 4.48 Å². The van der Waals surface area contributed by atoms with Crippen molar-refractivity contribution in [2.24, 2.45) is 0 Å². The van der Waals surface area contributed by atoms with E-state index in [1.165, 1.54) is 193 Å². The summed E-state index contributed by atoms with van der Waals surface area (Å²) in [6.07, 6.45) is 44.4. The van der Waals surface area contributed by atoms with Crippen molar-refractivity contribution in [3.05, 3.63) is 0 Å². The van der Waals surface area contributed by atoms with Crippen LogP contribution >= 0.6 is 0 Å². The number of rotatable bonds is 35. The second-order valence-corrected chi connectivity index (χ2v) is 14.0. The van der Waals surface area contributed by atoms with Crippen LogP contribution in [-0.2, 0) is 4.74 Å². The van der Waals surface area contributed by atoms with Crippen LogP contribution in [0.15, 0.2) is 0 Å². The van der Waals surface area contributed by atoms with Gasteiger partial charge in [0.1, 0.15) is 0 Å². The second-order valence-electron chi connectivity index (χ2n) is 14.0. The van der Waals surface area contributed by atoms with Crippen LogP contribution in [0.5, 0.6) is 0 Å². The van der Waals surface area contributed by atoms with Crippen LogP contribution in [-0.4, -0.2) is 37.3 Å². The van der Waals surface area contributed by atoms with Crippen LogP contribution in [0.3, 0.4) is 0 Å². The van der Waals surface area contributed by atoms with Crippen molar-refractivity contribution in [3.63, 3.8) is 0 Å². The molecule has 0 fully saturated rings. The molecule has 43 heavy (non-hydrogen) atoms.